The molecule has 660 valence electrons. The number of piperazine rings is 2. The summed E-state index contributed by atoms with van der Waals surface area (Å²) in [6.45, 7) is 10.5. The lowest BCUT2D eigenvalue weighted by molar-refractivity contribution is -0.657. The van der Waals surface area contributed by atoms with Crippen molar-refractivity contribution < 1.29 is 33.1 Å². The van der Waals surface area contributed by atoms with Crippen molar-refractivity contribution in [3.8, 4) is 0 Å². The van der Waals surface area contributed by atoms with Gasteiger partial charge in [-0.3, -0.25) is 0 Å². The lowest BCUT2D eigenvalue weighted by Gasteiger charge is -2.36. The maximum Gasteiger partial charge on any atom is 0.421 e. The molecule has 4 aliphatic rings. The Hall–Kier alpha value is -16.1. The molecule has 8 N–H and O–H groups in total. The zero-order valence-electron chi connectivity index (χ0n) is 74.3. The van der Waals surface area contributed by atoms with Crippen LogP contribution in [0, 0.1) is 11.8 Å². The molecule has 4 aliphatic heterocycles. The van der Waals surface area contributed by atoms with Gasteiger partial charge in [-0.05, 0) is 230 Å². The van der Waals surface area contributed by atoms with Crippen LogP contribution in [0.15, 0.2) is 307 Å². The molecule has 2 unspecified atom stereocenters. The topological polar surface area (TPSA) is 362 Å². The molecule has 2 saturated heterocycles. The molecule has 13 aromatic rings. The standard InChI is InChI=1S/C53H55N20.C40H48N15O2/c1-37-27-28-67(2)48(37)64-61-46-23-25-47(26-24-46)72-33-35-73(36-34-72)51-59-49(56-42-11-7-38(8-12-42)54-40-15-19-44(20-16-40)62-65-52-68(3)29-30-69(52)4)58-50(60-51)57-43-13-9-39(10-14-43)55-41-17-21-45(22-18-41)63-66-53-70(5)31-32-71(53)6;1-29-17-18-50(2)36(29)48-46-34-13-15-35(16-14-34)53-21-23-54(24-22-53)38-43-37(44-39(45-38)55(25-27-56)26-28-57)42-32-7-5-30(6-8-32)41-31-9-11-33(12-10-31)47-49-40-51(3)19-20-52(40)4/h7-32,37H,33-36H2,1-6H3,(H2,56,57,58,59,60,62,63);5-20,29,56-57H,21-28H2,1-4H3,(H,42,43,44,45,47)/q2*+1/p+3. The van der Waals surface area contributed by atoms with Gasteiger partial charge in [0.2, 0.25) is 35.7 Å². The van der Waals surface area contributed by atoms with Crippen LogP contribution in [0.25, 0.3) is 0 Å². The van der Waals surface area contributed by atoms with Crippen LogP contribution in [-0.2, 0) is 42.3 Å². The lowest BCUT2D eigenvalue weighted by atomic mass is 10.2. The van der Waals surface area contributed by atoms with Crippen LogP contribution < -0.4 is 70.1 Å². The molecule has 0 bridgehead atoms. The van der Waals surface area contributed by atoms with Crippen LogP contribution >= 0.6 is 0 Å². The minimum atomic E-state index is -0.108. The summed E-state index contributed by atoms with van der Waals surface area (Å²) in [5.74, 6) is 7.28. The second kappa shape index (κ2) is 40.9. The number of benzene rings is 8. The molecule has 9 heterocycles. The first-order valence-electron chi connectivity index (χ1n) is 42.9. The Morgan fingerprint density at radius 2 is 0.585 bits per heavy atom. The molecule has 8 aromatic carbocycles. The lowest BCUT2D eigenvalue weighted by Crippen LogP contribution is -2.47. The minimum absolute atomic E-state index is 0.108. The van der Waals surface area contributed by atoms with Crippen LogP contribution in [0.2, 0.25) is 0 Å². The van der Waals surface area contributed by atoms with E-state index in [4.69, 9.17) is 29.9 Å². The van der Waals surface area contributed by atoms with E-state index < -0.39 is 0 Å². The summed E-state index contributed by atoms with van der Waals surface area (Å²) in [5.41, 5.74) is 14.1. The number of hydrogen-bond acceptors (Lipinski definition) is 29. The Labute approximate surface area is 753 Å². The van der Waals surface area contributed by atoms with Gasteiger partial charge >= 0.3 is 29.5 Å². The summed E-state index contributed by atoms with van der Waals surface area (Å²) in [6.07, 6.45) is 19.9. The first kappa shape index (κ1) is 87.4. The first-order valence-corrected chi connectivity index (χ1v) is 42.9. The van der Waals surface area contributed by atoms with Crippen molar-refractivity contribution in [2.24, 2.45) is 105 Å². The third kappa shape index (κ3) is 22.4. The summed E-state index contributed by atoms with van der Waals surface area (Å²) in [7, 11) is 15.6. The average molecular weight is 1750 g/mol. The first-order chi connectivity index (χ1) is 63.3. The van der Waals surface area contributed by atoms with Gasteiger partial charge in [-0.1, -0.05) is 15.3 Å². The van der Waals surface area contributed by atoms with Gasteiger partial charge in [-0.15, -0.1) is 0 Å². The minimum Gasteiger partial charge on any atom is -0.395 e. The van der Waals surface area contributed by atoms with E-state index in [9.17, 15) is 10.2 Å². The van der Waals surface area contributed by atoms with Gasteiger partial charge in [0.1, 0.15) is 28.4 Å². The van der Waals surface area contributed by atoms with Gasteiger partial charge in [0.25, 0.3) is 0 Å². The molecule has 0 amide bonds. The molecular weight excluding hydrogens is 1640 g/mol. The van der Waals surface area contributed by atoms with E-state index in [1.54, 1.807) is 4.90 Å². The highest BCUT2D eigenvalue weighted by atomic mass is 16.3. The van der Waals surface area contributed by atoms with Crippen LogP contribution in [-0.4, -0.2) is 167 Å². The van der Waals surface area contributed by atoms with Gasteiger partial charge in [0.05, 0.1) is 141 Å². The quantitative estimate of drug-likeness (QED) is 0.0159. The van der Waals surface area contributed by atoms with E-state index >= 15 is 0 Å². The van der Waals surface area contributed by atoms with Crippen molar-refractivity contribution >= 4 is 156 Å². The molecule has 130 heavy (non-hydrogen) atoms. The van der Waals surface area contributed by atoms with Crippen molar-refractivity contribution in [2.45, 2.75) is 13.8 Å². The number of hydrogen-bond donors (Lipinski definition) is 8. The van der Waals surface area contributed by atoms with E-state index in [0.717, 1.165) is 147 Å². The molecule has 0 aliphatic carbocycles. The normalized spacial score (nSPS) is 15.2. The smallest absolute Gasteiger partial charge is 0.395 e. The number of anilines is 17. The molecule has 0 spiro atoms. The Bertz CT molecular complexity index is 6110. The second-order valence-electron chi connectivity index (χ2n) is 31.7. The monoisotopic (exact) mass is 1740 g/mol. The number of aromatic nitrogens is 12. The number of imidazole rings is 3. The van der Waals surface area contributed by atoms with Gasteiger partial charge in [0.15, 0.2) is 0 Å². The van der Waals surface area contributed by atoms with Gasteiger partial charge in [-0.25, -0.2) is 36.6 Å². The summed E-state index contributed by atoms with van der Waals surface area (Å²) in [4.78, 5) is 39.8. The maximum atomic E-state index is 9.77. The summed E-state index contributed by atoms with van der Waals surface area (Å²) in [5, 5.41) is 84.4. The van der Waals surface area contributed by atoms with Crippen molar-refractivity contribution in [3.05, 3.63) is 256 Å². The fourth-order valence-corrected chi connectivity index (χ4v) is 14.8. The second-order valence-corrected chi connectivity index (χ2v) is 31.7. The Kier molecular flexibility index (Phi) is 27.5. The highest BCUT2D eigenvalue weighted by Gasteiger charge is 2.28. The molecular formula is C93H106N35O2+5. The predicted octanol–water partition coefficient (Wildman–Crippen LogP) is 16.0. The molecule has 2 fully saturated rings. The Balaban J connectivity index is 0.000000196. The predicted molar refractivity (Wildman–Crippen MR) is 506 cm³/mol. The Morgan fingerprint density at radius 3 is 0.862 bits per heavy atom. The zero-order chi connectivity index (χ0) is 90.0. The van der Waals surface area contributed by atoms with Gasteiger partial charge in [-0.2, -0.15) is 29.9 Å². The van der Waals surface area contributed by atoms with E-state index in [0.29, 0.717) is 61.9 Å². The van der Waals surface area contributed by atoms with Gasteiger partial charge in [0, 0.05) is 143 Å². The summed E-state index contributed by atoms with van der Waals surface area (Å²) >= 11 is 0. The van der Waals surface area contributed by atoms with Crippen LogP contribution in [0.1, 0.15) is 13.8 Å². The number of rotatable bonds is 29. The van der Waals surface area contributed by atoms with Crippen molar-refractivity contribution in [1.29, 1.82) is 0 Å². The highest BCUT2D eigenvalue weighted by Crippen LogP contribution is 2.33. The molecule has 5 aromatic heterocycles. The number of nitrogens with one attached hydrogen (secondary N) is 6. The van der Waals surface area contributed by atoms with E-state index in [1.165, 1.54) is 0 Å². The van der Waals surface area contributed by atoms with Crippen molar-refractivity contribution in [3.63, 3.8) is 0 Å². The average Bonchev–Trinajstić information content (AvgIpc) is 1.31. The number of aliphatic hydroxyl groups is 2. The fraction of sp³-hybridized carbons (Fsp3) is 0.258. The van der Waals surface area contributed by atoms with Gasteiger partial charge < -0.3 is 66.6 Å². The van der Waals surface area contributed by atoms with E-state index in [1.807, 2.05) is 312 Å². The SMILES string of the molecule is CC1C=C[N+](C)=C1N=Nc1ccc(N2CCN(c3nc(Nc4ccc(Nc5ccc(N=Nc6n(C)cc[n+]6C)cc5)cc4)nc(N(CCO)CCO)n3)CC2)cc1.CC1C=C[N+](C)=C1N=Nc1ccc(N2CCN(c3nc(Nc4ccc(Nc5ccc(N=Nc6n(C)cc[n+]6C)cc5)cc4)nc(Nc4ccc(Nc5ccc(N=Nc6n(C)cc[n+]6C)cc5)cc4)n3)CC2)cc1. The molecule has 17 rings (SSSR count). The van der Waals surface area contributed by atoms with Crippen LogP contribution in [0.4, 0.5) is 145 Å². The molecule has 2 atom stereocenters. The number of aryl methyl sites for hydroxylation is 6. The molecule has 37 nitrogen and oxygen atoms in total. The van der Waals surface area contributed by atoms with E-state index in [-0.39, 0.29) is 38.1 Å². The number of azo groups is 5. The van der Waals surface area contributed by atoms with E-state index in [2.05, 4.69) is 153 Å². The number of aliphatic hydroxyl groups excluding tert-OH is 2. The molecule has 0 saturated carbocycles. The summed E-state index contributed by atoms with van der Waals surface area (Å²) in [6, 6.07) is 63.6. The number of amidine groups is 2. The molecule has 37 heteroatoms. The fourth-order valence-electron chi connectivity index (χ4n) is 14.8. The molecule has 0 radical (unpaired) electrons. The van der Waals surface area contributed by atoms with Crippen molar-refractivity contribution in [2.75, 3.05) is 149 Å². The van der Waals surface area contributed by atoms with Crippen LogP contribution in [0.5, 0.6) is 0 Å². The summed E-state index contributed by atoms with van der Waals surface area (Å²) < 4.78 is 15.5. The van der Waals surface area contributed by atoms with Crippen LogP contribution in [0.3, 0.4) is 0 Å². The zero-order valence-corrected chi connectivity index (χ0v) is 74.3. The maximum absolute atomic E-state index is 9.77. The third-order valence-corrected chi connectivity index (χ3v) is 22.2. The van der Waals surface area contributed by atoms with Crippen molar-refractivity contribution in [1.82, 2.24) is 43.6 Å². The largest absolute Gasteiger partial charge is 0.421 e. The third-order valence-electron chi connectivity index (χ3n) is 22.2. The number of nitrogens with zero attached hydrogens (tertiary/aromatic N) is 29. The highest BCUT2D eigenvalue weighted by molar-refractivity contribution is 5.84. The Morgan fingerprint density at radius 1 is 0.323 bits per heavy atom.